The van der Waals surface area contributed by atoms with E-state index in [2.05, 4.69) is 13.8 Å². The predicted molar refractivity (Wildman–Crippen MR) is 117 cm³/mol. The van der Waals surface area contributed by atoms with E-state index in [4.69, 9.17) is 16.3 Å². The maximum atomic E-state index is 12.8. The number of hydrogen-bond donors (Lipinski definition) is 0. The van der Waals surface area contributed by atoms with Crippen LogP contribution in [-0.4, -0.2) is 17.9 Å². The molecular weight excluding hydrogens is 396 g/mol. The van der Waals surface area contributed by atoms with Gasteiger partial charge in [-0.05, 0) is 86.3 Å². The number of benzene rings is 1. The molecule has 3 saturated carbocycles. The Morgan fingerprint density at radius 3 is 2.63 bits per heavy atom. The fraction of sp³-hybridized carbons (Fsp3) is 0.615. The number of ketones is 1. The second kappa shape index (κ2) is 7.22. The van der Waals surface area contributed by atoms with Crippen LogP contribution in [0.25, 0.3) is 0 Å². The van der Waals surface area contributed by atoms with E-state index in [-0.39, 0.29) is 22.9 Å². The lowest BCUT2D eigenvalue weighted by atomic mass is 9.47. The topological polar surface area (TPSA) is 43.4 Å². The Kier molecular flexibility index (Phi) is 4.89. The van der Waals surface area contributed by atoms with Crippen molar-refractivity contribution in [3.8, 4) is 0 Å². The quantitative estimate of drug-likeness (QED) is 0.514. The Hall–Kier alpha value is -1.61. The summed E-state index contributed by atoms with van der Waals surface area (Å²) < 4.78 is 6.10. The highest BCUT2D eigenvalue weighted by molar-refractivity contribution is 6.33. The third-order valence-corrected chi connectivity index (χ3v) is 9.55. The fourth-order valence-corrected chi connectivity index (χ4v) is 7.74. The minimum absolute atomic E-state index is 0.0371. The maximum absolute atomic E-state index is 12.8. The highest BCUT2D eigenvalue weighted by Crippen LogP contribution is 2.65. The van der Waals surface area contributed by atoms with Crippen molar-refractivity contribution < 1.29 is 14.3 Å². The number of hydrogen-bond acceptors (Lipinski definition) is 3. The van der Waals surface area contributed by atoms with Crippen LogP contribution in [0, 0.1) is 28.6 Å². The van der Waals surface area contributed by atoms with E-state index in [1.807, 2.05) is 18.2 Å². The summed E-state index contributed by atoms with van der Waals surface area (Å²) >= 11 is 6.23. The Morgan fingerprint density at radius 1 is 1.03 bits per heavy atom. The zero-order valence-electron chi connectivity index (χ0n) is 18.0. The van der Waals surface area contributed by atoms with Crippen LogP contribution in [0.1, 0.15) is 75.6 Å². The van der Waals surface area contributed by atoms with Crippen molar-refractivity contribution in [3.05, 3.63) is 46.5 Å². The molecule has 6 atom stereocenters. The second-order valence-electron chi connectivity index (χ2n) is 10.5. The molecule has 160 valence electrons. The zero-order valence-corrected chi connectivity index (χ0v) is 18.7. The number of fused-ring (bicyclic) bond motifs is 5. The van der Waals surface area contributed by atoms with Gasteiger partial charge >= 0.3 is 5.97 Å². The molecule has 1 aromatic rings. The molecule has 0 N–H and O–H groups in total. The highest BCUT2D eigenvalue weighted by Gasteiger charge is 2.60. The first-order chi connectivity index (χ1) is 14.3. The first-order valence-corrected chi connectivity index (χ1v) is 11.9. The summed E-state index contributed by atoms with van der Waals surface area (Å²) in [5.41, 5.74) is 2.10. The summed E-state index contributed by atoms with van der Waals surface area (Å²) in [5, 5.41) is 0.456. The van der Waals surface area contributed by atoms with Gasteiger partial charge in [0.25, 0.3) is 0 Å². The van der Waals surface area contributed by atoms with Crippen LogP contribution in [0.2, 0.25) is 5.02 Å². The van der Waals surface area contributed by atoms with Crippen LogP contribution >= 0.6 is 11.6 Å². The summed E-state index contributed by atoms with van der Waals surface area (Å²) in [6.45, 7) is 4.76. The number of carbonyl (C=O) groups excluding carboxylic acids is 2. The van der Waals surface area contributed by atoms with Crippen molar-refractivity contribution in [3.63, 3.8) is 0 Å². The lowest BCUT2D eigenvalue weighted by molar-refractivity contribution is -0.118. The van der Waals surface area contributed by atoms with Gasteiger partial charge in [-0.1, -0.05) is 43.2 Å². The molecule has 0 spiro atoms. The zero-order chi connectivity index (χ0) is 21.1. The third-order valence-electron chi connectivity index (χ3n) is 9.22. The molecule has 0 unspecified atom stereocenters. The molecule has 1 aromatic carbocycles. The van der Waals surface area contributed by atoms with Crippen molar-refractivity contribution in [2.75, 3.05) is 0 Å². The van der Waals surface area contributed by atoms with E-state index in [9.17, 15) is 9.59 Å². The number of ether oxygens (including phenoxy) is 1. The van der Waals surface area contributed by atoms with Crippen molar-refractivity contribution in [2.45, 2.75) is 71.3 Å². The van der Waals surface area contributed by atoms with Crippen molar-refractivity contribution in [2.24, 2.45) is 28.6 Å². The van der Waals surface area contributed by atoms with Crippen LogP contribution in [0.5, 0.6) is 0 Å². The number of esters is 1. The van der Waals surface area contributed by atoms with E-state index in [1.165, 1.54) is 18.4 Å². The Balaban J connectivity index is 1.37. The number of halogens is 1. The van der Waals surface area contributed by atoms with Crippen LogP contribution in [0.15, 0.2) is 35.9 Å². The van der Waals surface area contributed by atoms with Crippen LogP contribution < -0.4 is 0 Å². The molecule has 30 heavy (non-hydrogen) atoms. The average molecular weight is 427 g/mol. The molecule has 0 heterocycles. The summed E-state index contributed by atoms with van der Waals surface area (Å²) in [7, 11) is 0. The molecule has 3 fully saturated rings. The molecule has 0 bridgehead atoms. The van der Waals surface area contributed by atoms with Gasteiger partial charge in [-0.25, -0.2) is 4.79 Å². The summed E-state index contributed by atoms with van der Waals surface area (Å²) in [6, 6.07) is 7.15. The van der Waals surface area contributed by atoms with Gasteiger partial charge in [-0.3, -0.25) is 4.79 Å². The lowest BCUT2D eigenvalue weighted by Crippen LogP contribution is -2.51. The van der Waals surface area contributed by atoms with E-state index in [0.717, 1.165) is 32.1 Å². The first kappa shape index (κ1) is 20.3. The molecule has 0 amide bonds. The SMILES string of the molecule is C[C@]12CC[C@H]3[C@@H](CCC4=CC(=O)CC[C@@]43C)[C@@H]1CC[C@@H]2OC(=O)c1ccccc1Cl. The van der Waals surface area contributed by atoms with E-state index < -0.39 is 0 Å². The van der Waals surface area contributed by atoms with Gasteiger partial charge in [-0.15, -0.1) is 0 Å². The molecule has 5 rings (SSSR count). The second-order valence-corrected chi connectivity index (χ2v) is 10.9. The largest absolute Gasteiger partial charge is 0.458 e. The van der Waals surface area contributed by atoms with Crippen molar-refractivity contribution in [1.29, 1.82) is 0 Å². The van der Waals surface area contributed by atoms with Crippen molar-refractivity contribution >= 4 is 23.4 Å². The molecule has 0 aromatic heterocycles. The summed E-state index contributed by atoms with van der Waals surface area (Å²) in [4.78, 5) is 24.9. The molecule has 0 aliphatic heterocycles. The van der Waals surface area contributed by atoms with E-state index in [0.29, 0.717) is 40.5 Å². The Bertz CT molecular complexity index is 921. The Labute approximate surface area is 184 Å². The van der Waals surface area contributed by atoms with E-state index >= 15 is 0 Å². The predicted octanol–water partition coefficient (Wildman–Crippen LogP) is 6.40. The van der Waals surface area contributed by atoms with Gasteiger partial charge in [0, 0.05) is 11.8 Å². The minimum atomic E-state index is -0.291. The molecular formula is C26H31ClO3. The summed E-state index contributed by atoms with van der Waals surface area (Å²) in [6.07, 6.45) is 10.2. The number of allylic oxidation sites excluding steroid dienone is 1. The molecule has 0 radical (unpaired) electrons. The van der Waals surface area contributed by atoms with Gasteiger partial charge < -0.3 is 4.74 Å². The van der Waals surface area contributed by atoms with Gasteiger partial charge in [0.2, 0.25) is 0 Å². The van der Waals surface area contributed by atoms with Gasteiger partial charge in [0.1, 0.15) is 6.10 Å². The van der Waals surface area contributed by atoms with Gasteiger partial charge in [0.15, 0.2) is 5.78 Å². The number of rotatable bonds is 2. The molecule has 3 nitrogen and oxygen atoms in total. The minimum Gasteiger partial charge on any atom is -0.458 e. The molecule has 4 aliphatic carbocycles. The third kappa shape index (κ3) is 2.99. The standard InChI is InChI=1S/C26H31ClO3/c1-25-13-11-17(28)15-16(25)7-8-18-20-9-10-23(26(20,2)14-12-21(18)25)30-24(29)19-5-3-4-6-22(19)27/h3-6,15,18,20-21,23H,7-14H2,1-2H3/t18-,20-,21-,23-,25-,26-/m0/s1. The first-order valence-electron chi connectivity index (χ1n) is 11.5. The average Bonchev–Trinajstić information content (AvgIpc) is 3.05. The Morgan fingerprint density at radius 2 is 1.83 bits per heavy atom. The van der Waals surface area contributed by atoms with Gasteiger partial charge in [0.05, 0.1) is 10.6 Å². The summed E-state index contributed by atoms with van der Waals surface area (Å²) in [5.74, 6) is 1.94. The van der Waals surface area contributed by atoms with E-state index in [1.54, 1.807) is 12.1 Å². The lowest BCUT2D eigenvalue weighted by Gasteiger charge is -2.57. The molecule has 0 saturated heterocycles. The van der Waals surface area contributed by atoms with Crippen LogP contribution in [0.3, 0.4) is 0 Å². The highest BCUT2D eigenvalue weighted by atomic mass is 35.5. The van der Waals surface area contributed by atoms with Gasteiger partial charge in [-0.2, -0.15) is 0 Å². The van der Waals surface area contributed by atoms with Crippen molar-refractivity contribution in [1.82, 2.24) is 0 Å². The maximum Gasteiger partial charge on any atom is 0.339 e. The monoisotopic (exact) mass is 426 g/mol. The molecule has 4 heteroatoms. The molecule has 4 aliphatic rings. The normalized spacial score (nSPS) is 40.1. The van der Waals surface area contributed by atoms with Crippen LogP contribution in [-0.2, 0) is 9.53 Å². The van der Waals surface area contributed by atoms with Crippen LogP contribution in [0.4, 0.5) is 0 Å². The smallest absolute Gasteiger partial charge is 0.339 e. The number of carbonyl (C=O) groups is 2. The fourth-order valence-electron chi connectivity index (χ4n) is 7.52.